The molecule has 0 aromatic carbocycles. The predicted molar refractivity (Wildman–Crippen MR) is 126 cm³/mol. The molecule has 0 N–H and O–H groups in total. The van der Waals surface area contributed by atoms with Crippen LogP contribution in [0.25, 0.3) is 0 Å². The van der Waals surface area contributed by atoms with Gasteiger partial charge < -0.3 is 4.48 Å². The summed E-state index contributed by atoms with van der Waals surface area (Å²) >= 11 is 0. The lowest BCUT2D eigenvalue weighted by Gasteiger charge is -2.39. The van der Waals surface area contributed by atoms with Crippen molar-refractivity contribution in [1.29, 1.82) is 0 Å². The molecule has 0 aliphatic heterocycles. The number of quaternary nitrogens is 1. The third-order valence-corrected chi connectivity index (χ3v) is 6.37. The maximum Gasteiger partial charge on any atom is 0.0786 e. The zero-order valence-corrected chi connectivity index (χ0v) is 20.0. The maximum absolute atomic E-state index is 2.37. The highest BCUT2D eigenvalue weighted by molar-refractivity contribution is 4.51. The molecule has 164 valence electrons. The van der Waals surface area contributed by atoms with Crippen molar-refractivity contribution < 1.29 is 4.48 Å². The van der Waals surface area contributed by atoms with Gasteiger partial charge >= 0.3 is 0 Å². The van der Waals surface area contributed by atoms with Crippen LogP contribution in [0.15, 0.2) is 0 Å². The van der Waals surface area contributed by atoms with Gasteiger partial charge in [-0.2, -0.15) is 0 Å². The van der Waals surface area contributed by atoms with Gasteiger partial charge in [-0.1, -0.05) is 111 Å². The van der Waals surface area contributed by atoms with Crippen molar-refractivity contribution in [1.82, 2.24) is 0 Å². The summed E-state index contributed by atoms with van der Waals surface area (Å²) in [7, 11) is 0. The Morgan fingerprint density at radius 2 is 0.630 bits per heavy atom. The van der Waals surface area contributed by atoms with Crippen molar-refractivity contribution in [3.05, 3.63) is 0 Å². The number of hydrogen-bond donors (Lipinski definition) is 0. The monoisotopic (exact) mass is 382 g/mol. The Bertz CT molecular complexity index is 267. The largest absolute Gasteiger partial charge is 0.324 e. The van der Waals surface area contributed by atoms with Crippen molar-refractivity contribution in [3.63, 3.8) is 0 Å². The first kappa shape index (κ1) is 27.0. The third kappa shape index (κ3) is 16.6. The fourth-order valence-corrected chi connectivity index (χ4v) is 4.75. The van der Waals surface area contributed by atoms with Crippen LogP contribution in [0, 0.1) is 0 Å². The highest BCUT2D eigenvalue weighted by atomic mass is 15.3. The van der Waals surface area contributed by atoms with Gasteiger partial charge in [0.15, 0.2) is 0 Å². The van der Waals surface area contributed by atoms with Crippen LogP contribution in [-0.2, 0) is 0 Å². The quantitative estimate of drug-likeness (QED) is 0.129. The average molecular weight is 383 g/mol. The Balaban J connectivity index is 3.61. The molecular formula is C26H56N+. The predicted octanol–water partition coefficient (Wildman–Crippen LogP) is 8.90. The van der Waals surface area contributed by atoms with E-state index >= 15 is 0 Å². The Morgan fingerprint density at radius 3 is 1.00 bits per heavy atom. The Hall–Kier alpha value is -0.0400. The number of nitrogens with zero attached hydrogens (tertiary/aromatic N) is 1. The Labute approximate surface area is 174 Å². The van der Waals surface area contributed by atoms with Gasteiger partial charge in [0.1, 0.15) is 0 Å². The third-order valence-electron chi connectivity index (χ3n) is 6.37. The van der Waals surface area contributed by atoms with E-state index in [9.17, 15) is 0 Å². The molecular weight excluding hydrogens is 326 g/mol. The fourth-order valence-electron chi connectivity index (χ4n) is 4.75. The second-order valence-electron chi connectivity index (χ2n) is 9.19. The first-order valence-corrected chi connectivity index (χ1v) is 13.1. The summed E-state index contributed by atoms with van der Waals surface area (Å²) in [6.07, 6.45) is 26.0. The van der Waals surface area contributed by atoms with Gasteiger partial charge in [-0.15, -0.1) is 0 Å². The van der Waals surface area contributed by atoms with Gasteiger partial charge in [0.05, 0.1) is 26.2 Å². The molecule has 0 spiro atoms. The standard InChI is InChI=1S/C26H56N/c1-5-9-11-12-13-14-15-16-17-18-19-20-21-22-26-27(23-7-3,24-8-4)25-10-6-2/h5-26H2,1-4H3/q+1. The summed E-state index contributed by atoms with van der Waals surface area (Å²) in [5, 5.41) is 0. The molecule has 0 amide bonds. The van der Waals surface area contributed by atoms with Gasteiger partial charge in [0.25, 0.3) is 0 Å². The van der Waals surface area contributed by atoms with Gasteiger partial charge in [-0.25, -0.2) is 0 Å². The summed E-state index contributed by atoms with van der Waals surface area (Å²) in [5.74, 6) is 0. The van der Waals surface area contributed by atoms with Crippen LogP contribution in [0.4, 0.5) is 0 Å². The minimum Gasteiger partial charge on any atom is -0.324 e. The number of rotatable bonds is 22. The smallest absolute Gasteiger partial charge is 0.0786 e. The second kappa shape index (κ2) is 20.7. The molecule has 0 atom stereocenters. The molecule has 27 heavy (non-hydrogen) atoms. The van der Waals surface area contributed by atoms with E-state index in [1.807, 2.05) is 0 Å². The highest BCUT2D eigenvalue weighted by Gasteiger charge is 2.24. The average Bonchev–Trinajstić information content (AvgIpc) is 2.67. The highest BCUT2D eigenvalue weighted by Crippen LogP contribution is 2.17. The molecule has 0 saturated carbocycles. The lowest BCUT2D eigenvalue weighted by atomic mass is 10.0. The van der Waals surface area contributed by atoms with Crippen LogP contribution in [0.1, 0.15) is 143 Å². The summed E-state index contributed by atoms with van der Waals surface area (Å²) in [4.78, 5) is 0. The first-order chi connectivity index (χ1) is 13.2. The van der Waals surface area contributed by atoms with Crippen molar-refractivity contribution in [2.75, 3.05) is 26.2 Å². The molecule has 0 saturated heterocycles. The van der Waals surface area contributed by atoms with Crippen LogP contribution in [-0.4, -0.2) is 30.7 Å². The molecule has 0 bridgehead atoms. The molecule has 0 fully saturated rings. The van der Waals surface area contributed by atoms with E-state index in [2.05, 4.69) is 27.7 Å². The summed E-state index contributed by atoms with van der Waals surface area (Å²) in [5.41, 5.74) is 0. The van der Waals surface area contributed by atoms with E-state index in [0.717, 1.165) is 0 Å². The topological polar surface area (TPSA) is 0 Å². The molecule has 0 heterocycles. The summed E-state index contributed by atoms with van der Waals surface area (Å²) in [6, 6.07) is 0. The van der Waals surface area contributed by atoms with Crippen molar-refractivity contribution >= 4 is 0 Å². The number of unbranched alkanes of at least 4 members (excludes halogenated alkanes) is 14. The minimum atomic E-state index is 1.35. The van der Waals surface area contributed by atoms with Gasteiger partial charge in [0.2, 0.25) is 0 Å². The lowest BCUT2D eigenvalue weighted by molar-refractivity contribution is -0.928. The van der Waals surface area contributed by atoms with E-state index < -0.39 is 0 Å². The SMILES string of the molecule is CCCCCCCCCCCCCCCC[N+](CCC)(CCC)CCCC. The Kier molecular flexibility index (Phi) is 20.7. The van der Waals surface area contributed by atoms with Crippen molar-refractivity contribution in [2.24, 2.45) is 0 Å². The molecule has 0 aromatic heterocycles. The zero-order chi connectivity index (χ0) is 20.1. The maximum atomic E-state index is 2.37. The van der Waals surface area contributed by atoms with E-state index in [0.29, 0.717) is 0 Å². The van der Waals surface area contributed by atoms with E-state index in [4.69, 9.17) is 0 Å². The van der Waals surface area contributed by atoms with Crippen molar-refractivity contribution in [3.8, 4) is 0 Å². The van der Waals surface area contributed by atoms with Crippen LogP contribution >= 0.6 is 0 Å². The first-order valence-electron chi connectivity index (χ1n) is 13.1. The normalized spacial score (nSPS) is 12.0. The van der Waals surface area contributed by atoms with Gasteiger partial charge in [-0.3, -0.25) is 0 Å². The molecule has 0 aliphatic rings. The molecule has 0 rings (SSSR count). The summed E-state index contributed by atoms with van der Waals surface area (Å²) < 4.78 is 1.42. The van der Waals surface area contributed by atoms with E-state index in [1.165, 1.54) is 146 Å². The second-order valence-corrected chi connectivity index (χ2v) is 9.19. The zero-order valence-electron chi connectivity index (χ0n) is 20.0. The molecule has 0 aliphatic carbocycles. The molecule has 1 heteroatoms. The molecule has 1 nitrogen and oxygen atoms in total. The lowest BCUT2D eigenvalue weighted by Crippen LogP contribution is -2.50. The molecule has 0 aromatic rings. The van der Waals surface area contributed by atoms with Gasteiger partial charge in [0, 0.05) is 0 Å². The van der Waals surface area contributed by atoms with Crippen LogP contribution in [0.5, 0.6) is 0 Å². The van der Waals surface area contributed by atoms with Crippen LogP contribution in [0.3, 0.4) is 0 Å². The van der Waals surface area contributed by atoms with E-state index in [-0.39, 0.29) is 0 Å². The summed E-state index contributed by atoms with van der Waals surface area (Å²) in [6.45, 7) is 15.1. The van der Waals surface area contributed by atoms with Crippen LogP contribution in [0.2, 0.25) is 0 Å². The molecule has 0 radical (unpaired) electrons. The van der Waals surface area contributed by atoms with E-state index in [1.54, 1.807) is 0 Å². The fraction of sp³-hybridized carbons (Fsp3) is 1.00. The minimum absolute atomic E-state index is 1.35. The van der Waals surface area contributed by atoms with Gasteiger partial charge in [-0.05, 0) is 32.1 Å². The molecule has 0 unspecified atom stereocenters. The van der Waals surface area contributed by atoms with Crippen molar-refractivity contribution in [2.45, 2.75) is 143 Å². The van der Waals surface area contributed by atoms with Crippen LogP contribution < -0.4 is 0 Å². The Morgan fingerprint density at radius 1 is 0.296 bits per heavy atom. The number of hydrogen-bond acceptors (Lipinski definition) is 0.